The van der Waals surface area contributed by atoms with Crippen LogP contribution < -0.4 is 10.2 Å². The summed E-state index contributed by atoms with van der Waals surface area (Å²) in [5.74, 6) is -1.49. The van der Waals surface area contributed by atoms with Crippen molar-refractivity contribution >= 4 is 51.8 Å². The quantitative estimate of drug-likeness (QED) is 0.368. The van der Waals surface area contributed by atoms with Crippen LogP contribution in [0.5, 0.6) is 0 Å². The lowest BCUT2D eigenvalue weighted by Crippen LogP contribution is -2.54. The van der Waals surface area contributed by atoms with E-state index in [-0.39, 0.29) is 16.4 Å². The second-order valence-electron chi connectivity index (χ2n) is 6.89. The Morgan fingerprint density at radius 3 is 2.55 bits per heavy atom. The highest BCUT2D eigenvalue weighted by Gasteiger charge is 2.36. The van der Waals surface area contributed by atoms with E-state index >= 15 is 0 Å². The van der Waals surface area contributed by atoms with Crippen molar-refractivity contribution in [2.45, 2.75) is 19.6 Å². The number of thiocarbonyl (C=S) groups is 1. The second kappa shape index (κ2) is 7.66. The van der Waals surface area contributed by atoms with Crippen LogP contribution in [-0.4, -0.2) is 21.5 Å². The van der Waals surface area contributed by atoms with E-state index in [2.05, 4.69) is 5.32 Å². The fourth-order valence-electron chi connectivity index (χ4n) is 3.52. The van der Waals surface area contributed by atoms with Crippen LogP contribution in [0.4, 0.5) is 18.9 Å². The summed E-state index contributed by atoms with van der Waals surface area (Å²) in [5, 5.41) is 2.97. The van der Waals surface area contributed by atoms with Gasteiger partial charge in [0.05, 0.1) is 11.3 Å². The van der Waals surface area contributed by atoms with Crippen molar-refractivity contribution < 1.29 is 22.8 Å². The fourth-order valence-corrected chi connectivity index (χ4v) is 3.80. The molecule has 3 aromatic rings. The highest BCUT2D eigenvalue weighted by molar-refractivity contribution is 7.80. The van der Waals surface area contributed by atoms with Crippen LogP contribution in [-0.2, 0) is 22.3 Å². The molecule has 0 unspecified atom stereocenters. The van der Waals surface area contributed by atoms with E-state index < -0.39 is 23.6 Å². The number of benzene rings is 2. The van der Waals surface area contributed by atoms with E-state index in [0.29, 0.717) is 12.1 Å². The van der Waals surface area contributed by atoms with E-state index in [1.54, 1.807) is 0 Å². The molecule has 0 bridgehead atoms. The maximum absolute atomic E-state index is 13.1. The first-order chi connectivity index (χ1) is 14.7. The number of amides is 2. The normalized spacial score (nSPS) is 16.3. The summed E-state index contributed by atoms with van der Waals surface area (Å²) in [4.78, 5) is 26.6. The molecule has 1 aliphatic rings. The highest BCUT2D eigenvalue weighted by atomic mass is 32.1. The molecular weight excluding hydrogens is 427 g/mol. The van der Waals surface area contributed by atoms with Crippen molar-refractivity contribution in [3.8, 4) is 0 Å². The van der Waals surface area contributed by atoms with Crippen LogP contribution >= 0.6 is 12.2 Å². The molecule has 0 saturated carbocycles. The van der Waals surface area contributed by atoms with E-state index in [1.807, 2.05) is 42.0 Å². The first-order valence-corrected chi connectivity index (χ1v) is 9.78. The lowest BCUT2D eigenvalue weighted by atomic mass is 10.1. The van der Waals surface area contributed by atoms with Gasteiger partial charge in [-0.15, -0.1) is 0 Å². The zero-order valence-electron chi connectivity index (χ0n) is 16.2. The molecule has 0 atom stereocenters. The first-order valence-electron chi connectivity index (χ1n) is 9.37. The Morgan fingerprint density at radius 2 is 1.84 bits per heavy atom. The van der Waals surface area contributed by atoms with Gasteiger partial charge < -0.3 is 4.57 Å². The van der Waals surface area contributed by atoms with Gasteiger partial charge >= 0.3 is 6.18 Å². The molecule has 0 spiro atoms. The number of rotatable bonds is 3. The van der Waals surface area contributed by atoms with Crippen LogP contribution in [0.25, 0.3) is 17.0 Å². The minimum Gasteiger partial charge on any atom is -0.347 e. The van der Waals surface area contributed by atoms with Crippen molar-refractivity contribution in [1.29, 1.82) is 0 Å². The van der Waals surface area contributed by atoms with Gasteiger partial charge in [0.25, 0.3) is 11.8 Å². The van der Waals surface area contributed by atoms with Gasteiger partial charge in [0.2, 0.25) is 0 Å². The summed E-state index contributed by atoms with van der Waals surface area (Å²) in [6.45, 7) is 2.65. The summed E-state index contributed by atoms with van der Waals surface area (Å²) >= 11 is 5.08. The Balaban J connectivity index is 1.80. The molecule has 1 N–H and O–H groups in total. The van der Waals surface area contributed by atoms with Crippen LogP contribution in [0.2, 0.25) is 0 Å². The molecule has 31 heavy (non-hydrogen) atoms. The maximum atomic E-state index is 13.1. The number of carbonyl (C=O) groups excluding carboxylic acids is 2. The van der Waals surface area contributed by atoms with Crippen LogP contribution in [0.3, 0.4) is 0 Å². The van der Waals surface area contributed by atoms with Gasteiger partial charge in [-0.2, -0.15) is 13.2 Å². The summed E-state index contributed by atoms with van der Waals surface area (Å²) in [5.41, 5.74) is 0.365. The average Bonchev–Trinajstić information content (AvgIpc) is 3.08. The number of para-hydroxylation sites is 1. The van der Waals surface area contributed by atoms with Crippen molar-refractivity contribution in [2.24, 2.45) is 0 Å². The number of aryl methyl sites for hydroxylation is 1. The van der Waals surface area contributed by atoms with Gasteiger partial charge in [-0.25, -0.2) is 0 Å². The molecule has 1 saturated heterocycles. The molecule has 2 amide bonds. The number of carbonyl (C=O) groups is 2. The third kappa shape index (κ3) is 3.72. The number of alkyl halides is 3. The van der Waals surface area contributed by atoms with Crippen molar-refractivity contribution in [1.82, 2.24) is 9.88 Å². The standard InChI is InChI=1S/C22H16F3N3O2S/c1-2-27-12-13(16-8-3-4-9-18(16)27)10-17-19(29)26-21(31)28(20(17)30)15-7-5-6-14(11-15)22(23,24)25/h3-12H,2H2,1H3,(H,26,29,31). The van der Waals surface area contributed by atoms with Crippen molar-refractivity contribution in [2.75, 3.05) is 4.90 Å². The van der Waals surface area contributed by atoms with E-state index in [1.165, 1.54) is 18.2 Å². The Morgan fingerprint density at radius 1 is 1.10 bits per heavy atom. The number of hydrogen-bond donors (Lipinski definition) is 1. The molecule has 2 aromatic carbocycles. The number of aromatic nitrogens is 1. The minimum atomic E-state index is -4.58. The summed E-state index contributed by atoms with van der Waals surface area (Å²) < 4.78 is 41.3. The molecular formula is C22H16F3N3O2S. The topological polar surface area (TPSA) is 54.3 Å². The maximum Gasteiger partial charge on any atom is 0.416 e. The number of fused-ring (bicyclic) bond motifs is 1. The van der Waals surface area contributed by atoms with Crippen LogP contribution in [0, 0.1) is 0 Å². The number of hydrogen-bond acceptors (Lipinski definition) is 3. The monoisotopic (exact) mass is 443 g/mol. The average molecular weight is 443 g/mol. The van der Waals surface area contributed by atoms with Gasteiger partial charge in [-0.05, 0) is 49.5 Å². The smallest absolute Gasteiger partial charge is 0.347 e. The Hall–Kier alpha value is -3.46. The summed E-state index contributed by atoms with van der Waals surface area (Å²) in [6.07, 6.45) is -1.32. The second-order valence-corrected chi connectivity index (χ2v) is 7.28. The third-order valence-electron chi connectivity index (χ3n) is 4.99. The van der Waals surface area contributed by atoms with Gasteiger partial charge in [0, 0.05) is 29.2 Å². The van der Waals surface area contributed by atoms with Gasteiger partial charge in [0.1, 0.15) is 5.57 Å². The van der Waals surface area contributed by atoms with E-state index in [0.717, 1.165) is 27.9 Å². The fraction of sp³-hybridized carbons (Fsp3) is 0.136. The zero-order valence-corrected chi connectivity index (χ0v) is 17.1. The molecule has 2 heterocycles. The number of nitrogens with one attached hydrogen (secondary N) is 1. The molecule has 1 aromatic heterocycles. The first kappa shape index (κ1) is 20.8. The molecule has 158 valence electrons. The molecule has 0 aliphatic carbocycles. The van der Waals surface area contributed by atoms with Crippen LogP contribution in [0.1, 0.15) is 18.1 Å². The zero-order chi connectivity index (χ0) is 22.3. The predicted octanol–water partition coefficient (Wildman–Crippen LogP) is 4.51. The molecule has 1 aliphatic heterocycles. The molecule has 0 radical (unpaired) electrons. The molecule has 4 rings (SSSR count). The lowest BCUT2D eigenvalue weighted by molar-refractivity contribution is -0.137. The third-order valence-corrected chi connectivity index (χ3v) is 5.28. The minimum absolute atomic E-state index is 0.0771. The molecule has 9 heteroatoms. The number of anilines is 1. The predicted molar refractivity (Wildman–Crippen MR) is 115 cm³/mol. The van der Waals surface area contributed by atoms with Gasteiger partial charge in [-0.1, -0.05) is 24.3 Å². The molecule has 1 fully saturated rings. The summed E-state index contributed by atoms with van der Waals surface area (Å²) in [7, 11) is 0. The Bertz CT molecular complexity index is 1260. The highest BCUT2D eigenvalue weighted by Crippen LogP contribution is 2.33. The SMILES string of the molecule is CCn1cc(C=C2C(=O)NC(=S)N(c3cccc(C(F)(F)F)c3)C2=O)c2ccccc21. The number of halogens is 3. The largest absolute Gasteiger partial charge is 0.416 e. The van der Waals surface area contributed by atoms with Gasteiger partial charge in [0.15, 0.2) is 5.11 Å². The Labute approximate surface area is 180 Å². The van der Waals surface area contributed by atoms with Crippen molar-refractivity contribution in [3.05, 3.63) is 71.4 Å². The lowest BCUT2D eigenvalue weighted by Gasteiger charge is -2.29. The van der Waals surface area contributed by atoms with E-state index in [9.17, 15) is 22.8 Å². The van der Waals surface area contributed by atoms with Gasteiger partial charge in [-0.3, -0.25) is 19.8 Å². The van der Waals surface area contributed by atoms with Crippen molar-refractivity contribution in [3.63, 3.8) is 0 Å². The van der Waals surface area contributed by atoms with E-state index in [4.69, 9.17) is 12.2 Å². The number of nitrogens with zero attached hydrogens (tertiary/aromatic N) is 2. The molecule has 5 nitrogen and oxygen atoms in total. The Kier molecular flexibility index (Phi) is 5.14. The summed E-state index contributed by atoms with van der Waals surface area (Å²) in [6, 6.07) is 11.8. The van der Waals surface area contributed by atoms with Crippen LogP contribution in [0.15, 0.2) is 60.3 Å².